The maximum Gasteiger partial charge on any atom is 0.332 e. The largest absolute Gasteiger partial charge is 0.332 e. The van der Waals surface area contributed by atoms with Gasteiger partial charge in [-0.1, -0.05) is 0 Å². The minimum absolute atomic E-state index is 0.355. The number of aryl methyl sites for hydroxylation is 4. The Morgan fingerprint density at radius 2 is 1.00 bits per heavy atom. The van der Waals surface area contributed by atoms with Crippen molar-refractivity contribution in [3.63, 3.8) is 0 Å². The lowest BCUT2D eigenvalue weighted by molar-refractivity contribution is 0.562. The summed E-state index contributed by atoms with van der Waals surface area (Å²) in [7, 11) is 6.05. The van der Waals surface area contributed by atoms with E-state index in [0.29, 0.717) is 48.3 Å². The molecule has 12 heteroatoms. The van der Waals surface area contributed by atoms with Crippen LogP contribution in [0.15, 0.2) is 31.8 Å². The van der Waals surface area contributed by atoms with Crippen molar-refractivity contribution in [3.05, 3.63) is 54.3 Å². The standard InChI is InChI=1S/C18H22N8O4/c1-21-13-11(15(27)23(3)17(21)29)25(9-19-13)7-5-6-8-26-10-20-14-12(26)16(28)24(4)18(30)22(14)2/h9-10H,5-8H2,1-4H3. The van der Waals surface area contributed by atoms with Crippen LogP contribution in [-0.2, 0) is 41.3 Å². The lowest BCUT2D eigenvalue weighted by atomic mass is 10.3. The fourth-order valence-electron chi connectivity index (χ4n) is 3.70. The molecule has 0 saturated heterocycles. The second-order valence-corrected chi connectivity index (χ2v) is 7.34. The van der Waals surface area contributed by atoms with Crippen LogP contribution in [0.2, 0.25) is 0 Å². The predicted octanol–water partition coefficient (Wildman–Crippen LogP) is -1.34. The predicted molar refractivity (Wildman–Crippen MR) is 110 cm³/mol. The topological polar surface area (TPSA) is 124 Å². The third kappa shape index (κ3) is 2.75. The van der Waals surface area contributed by atoms with Crippen molar-refractivity contribution in [2.45, 2.75) is 25.9 Å². The number of aromatic nitrogens is 8. The number of imidazole rings is 2. The highest BCUT2D eigenvalue weighted by atomic mass is 16.2. The summed E-state index contributed by atoms with van der Waals surface area (Å²) >= 11 is 0. The Bertz CT molecular complexity index is 1410. The molecule has 4 aromatic rings. The number of nitrogens with zero attached hydrogens (tertiary/aromatic N) is 8. The minimum atomic E-state index is -0.416. The summed E-state index contributed by atoms with van der Waals surface area (Å²) in [6.07, 6.45) is 4.54. The van der Waals surface area contributed by atoms with E-state index in [1.54, 1.807) is 35.9 Å². The van der Waals surface area contributed by atoms with Crippen molar-refractivity contribution in [2.75, 3.05) is 0 Å². The normalized spacial score (nSPS) is 11.7. The van der Waals surface area contributed by atoms with Gasteiger partial charge in [0.1, 0.15) is 0 Å². The van der Waals surface area contributed by atoms with Gasteiger partial charge in [0.05, 0.1) is 12.7 Å². The Morgan fingerprint density at radius 1 is 0.633 bits per heavy atom. The quantitative estimate of drug-likeness (QED) is 0.373. The van der Waals surface area contributed by atoms with Gasteiger partial charge in [-0.25, -0.2) is 19.6 Å². The number of hydrogen-bond donors (Lipinski definition) is 0. The molecule has 4 aromatic heterocycles. The number of rotatable bonds is 5. The molecule has 0 aromatic carbocycles. The van der Waals surface area contributed by atoms with Crippen molar-refractivity contribution >= 4 is 22.3 Å². The molecule has 0 spiro atoms. The first-order chi connectivity index (χ1) is 14.2. The van der Waals surface area contributed by atoms with Crippen LogP contribution in [0.4, 0.5) is 0 Å². The molecule has 12 nitrogen and oxygen atoms in total. The Balaban J connectivity index is 1.56. The van der Waals surface area contributed by atoms with Gasteiger partial charge in [0.25, 0.3) is 11.1 Å². The highest BCUT2D eigenvalue weighted by molar-refractivity contribution is 5.70. The fourth-order valence-corrected chi connectivity index (χ4v) is 3.70. The van der Waals surface area contributed by atoms with Gasteiger partial charge in [-0.15, -0.1) is 0 Å². The molecule has 0 unspecified atom stereocenters. The SMILES string of the molecule is Cn1c(=O)c2c(ncn2CCCCn2cnc3c2c(=O)n(C)c(=O)n3C)n(C)c1=O. The second-order valence-electron chi connectivity index (χ2n) is 7.34. The van der Waals surface area contributed by atoms with E-state index in [1.807, 2.05) is 0 Å². The highest BCUT2D eigenvalue weighted by Crippen LogP contribution is 2.10. The summed E-state index contributed by atoms with van der Waals surface area (Å²) in [6, 6.07) is 0. The van der Waals surface area contributed by atoms with Crippen LogP contribution in [0.25, 0.3) is 22.3 Å². The third-order valence-corrected chi connectivity index (χ3v) is 5.48. The second kappa shape index (κ2) is 6.97. The molecule has 0 radical (unpaired) electrons. The maximum atomic E-state index is 12.5. The van der Waals surface area contributed by atoms with Crippen LogP contribution in [0, 0.1) is 0 Å². The van der Waals surface area contributed by atoms with E-state index in [0.717, 1.165) is 9.13 Å². The van der Waals surface area contributed by atoms with Crippen LogP contribution < -0.4 is 22.5 Å². The molecular weight excluding hydrogens is 392 g/mol. The average molecular weight is 414 g/mol. The van der Waals surface area contributed by atoms with E-state index in [2.05, 4.69) is 9.97 Å². The minimum Gasteiger partial charge on any atom is -0.325 e. The molecule has 0 bridgehead atoms. The van der Waals surface area contributed by atoms with E-state index in [4.69, 9.17) is 0 Å². The first-order valence-electron chi connectivity index (χ1n) is 9.45. The first kappa shape index (κ1) is 19.6. The molecule has 0 aliphatic heterocycles. The summed E-state index contributed by atoms with van der Waals surface area (Å²) < 4.78 is 8.32. The van der Waals surface area contributed by atoms with E-state index >= 15 is 0 Å². The molecule has 0 amide bonds. The summed E-state index contributed by atoms with van der Waals surface area (Å²) in [5, 5.41) is 0. The molecule has 0 aliphatic carbocycles. The van der Waals surface area contributed by atoms with Crippen molar-refractivity contribution < 1.29 is 0 Å². The van der Waals surface area contributed by atoms with Gasteiger partial charge in [0.2, 0.25) is 0 Å². The molecule has 158 valence electrons. The summed E-state index contributed by atoms with van der Waals surface area (Å²) in [5.41, 5.74) is -0.109. The monoisotopic (exact) mass is 414 g/mol. The molecule has 0 saturated carbocycles. The van der Waals surface area contributed by atoms with Gasteiger partial charge in [-0.2, -0.15) is 0 Å². The number of unbranched alkanes of at least 4 members (excludes halogenated alkanes) is 1. The van der Waals surface area contributed by atoms with E-state index in [1.165, 1.54) is 23.2 Å². The van der Waals surface area contributed by atoms with E-state index in [9.17, 15) is 19.2 Å². The average Bonchev–Trinajstić information content (AvgIpc) is 3.35. The smallest absolute Gasteiger partial charge is 0.325 e. The van der Waals surface area contributed by atoms with Crippen LogP contribution in [-0.4, -0.2) is 37.4 Å². The summed E-state index contributed by atoms with van der Waals surface area (Å²) in [4.78, 5) is 57.5. The van der Waals surface area contributed by atoms with Crippen molar-refractivity contribution in [1.82, 2.24) is 37.4 Å². The van der Waals surface area contributed by atoms with Gasteiger partial charge in [0.15, 0.2) is 22.3 Å². The molecule has 0 aliphatic rings. The Morgan fingerprint density at radius 3 is 1.37 bits per heavy atom. The lowest BCUT2D eigenvalue weighted by Crippen LogP contribution is -2.37. The molecule has 0 atom stereocenters. The Hall–Kier alpha value is -3.70. The number of fused-ring (bicyclic) bond motifs is 2. The van der Waals surface area contributed by atoms with Gasteiger partial charge >= 0.3 is 11.4 Å². The first-order valence-corrected chi connectivity index (χ1v) is 9.45. The van der Waals surface area contributed by atoms with E-state index in [-0.39, 0.29) is 11.1 Å². The zero-order chi connectivity index (χ0) is 21.7. The third-order valence-electron chi connectivity index (χ3n) is 5.48. The highest BCUT2D eigenvalue weighted by Gasteiger charge is 2.15. The molecule has 4 heterocycles. The van der Waals surface area contributed by atoms with Crippen LogP contribution >= 0.6 is 0 Å². The zero-order valence-electron chi connectivity index (χ0n) is 17.2. The summed E-state index contributed by atoms with van der Waals surface area (Å²) in [6.45, 7) is 1.07. The molecule has 4 rings (SSSR count). The summed E-state index contributed by atoms with van der Waals surface area (Å²) in [5.74, 6) is 0. The van der Waals surface area contributed by atoms with Gasteiger partial charge in [0, 0.05) is 41.3 Å². The lowest BCUT2D eigenvalue weighted by Gasteiger charge is -2.08. The maximum absolute atomic E-state index is 12.5. The number of hydrogen-bond acceptors (Lipinski definition) is 6. The zero-order valence-corrected chi connectivity index (χ0v) is 17.2. The van der Waals surface area contributed by atoms with Crippen LogP contribution in [0.1, 0.15) is 12.8 Å². The fraction of sp³-hybridized carbons (Fsp3) is 0.444. The molecule has 0 N–H and O–H groups in total. The Labute approximate surface area is 168 Å². The van der Waals surface area contributed by atoms with Gasteiger partial charge in [-0.05, 0) is 12.8 Å². The van der Waals surface area contributed by atoms with E-state index < -0.39 is 11.4 Å². The van der Waals surface area contributed by atoms with Gasteiger partial charge in [-0.3, -0.25) is 27.9 Å². The molecule has 30 heavy (non-hydrogen) atoms. The van der Waals surface area contributed by atoms with Crippen LogP contribution in [0.3, 0.4) is 0 Å². The molecular formula is C18H22N8O4. The van der Waals surface area contributed by atoms with Crippen molar-refractivity contribution in [1.29, 1.82) is 0 Å². The molecule has 0 fully saturated rings. The van der Waals surface area contributed by atoms with Crippen molar-refractivity contribution in [2.24, 2.45) is 28.2 Å². The Kier molecular flexibility index (Phi) is 4.56. The van der Waals surface area contributed by atoms with Crippen molar-refractivity contribution in [3.8, 4) is 0 Å². The van der Waals surface area contributed by atoms with Gasteiger partial charge < -0.3 is 9.13 Å². The van der Waals surface area contributed by atoms with Crippen LogP contribution in [0.5, 0.6) is 0 Å².